The Morgan fingerprint density at radius 2 is 2.33 bits per heavy atom. The summed E-state index contributed by atoms with van der Waals surface area (Å²) in [6, 6.07) is 6.00. The van der Waals surface area contributed by atoms with Gasteiger partial charge < -0.3 is 19.8 Å². The van der Waals surface area contributed by atoms with Crippen LogP contribution in [0.2, 0.25) is 0 Å². The van der Waals surface area contributed by atoms with Gasteiger partial charge in [-0.25, -0.2) is 4.98 Å². The molecule has 1 unspecified atom stereocenters. The maximum Gasteiger partial charge on any atom is 0.201 e. The summed E-state index contributed by atoms with van der Waals surface area (Å²) in [6.07, 6.45) is 3.06. The number of benzene rings is 1. The van der Waals surface area contributed by atoms with Crippen molar-refractivity contribution in [2.45, 2.75) is 38.6 Å². The molecule has 114 valence electrons. The van der Waals surface area contributed by atoms with E-state index < -0.39 is 0 Å². The fourth-order valence-corrected chi connectivity index (χ4v) is 3.08. The van der Waals surface area contributed by atoms with Crippen LogP contribution in [-0.2, 0) is 10.3 Å². The SMILES string of the molecule is CCCOc1cccc2c1nc(N)n2C1(C)CCCOC1. The first kappa shape index (κ1) is 14.2. The molecule has 5 heteroatoms. The molecule has 2 heterocycles. The molecule has 2 aromatic rings. The van der Waals surface area contributed by atoms with E-state index in [1.54, 1.807) is 0 Å². The van der Waals surface area contributed by atoms with E-state index in [-0.39, 0.29) is 5.54 Å². The molecule has 0 aliphatic carbocycles. The van der Waals surface area contributed by atoms with Gasteiger partial charge in [-0.05, 0) is 38.3 Å². The Morgan fingerprint density at radius 3 is 3.05 bits per heavy atom. The van der Waals surface area contributed by atoms with Crippen LogP contribution in [-0.4, -0.2) is 29.4 Å². The summed E-state index contributed by atoms with van der Waals surface area (Å²) in [5.74, 6) is 1.34. The van der Waals surface area contributed by atoms with Gasteiger partial charge in [0.1, 0.15) is 11.3 Å². The second-order valence-electron chi connectivity index (χ2n) is 5.93. The predicted molar refractivity (Wildman–Crippen MR) is 83.6 cm³/mol. The van der Waals surface area contributed by atoms with Gasteiger partial charge in [-0.1, -0.05) is 13.0 Å². The molecule has 1 atom stereocenters. The molecule has 1 aliphatic heterocycles. The number of imidazole rings is 1. The molecule has 1 aliphatic rings. The zero-order valence-electron chi connectivity index (χ0n) is 12.8. The van der Waals surface area contributed by atoms with E-state index in [4.69, 9.17) is 15.2 Å². The lowest BCUT2D eigenvalue weighted by Crippen LogP contribution is -2.39. The van der Waals surface area contributed by atoms with Crippen LogP contribution in [0.5, 0.6) is 5.75 Å². The van der Waals surface area contributed by atoms with Crippen molar-refractivity contribution >= 4 is 17.0 Å². The highest BCUT2D eigenvalue weighted by Gasteiger charge is 2.33. The summed E-state index contributed by atoms with van der Waals surface area (Å²) in [5.41, 5.74) is 7.93. The molecule has 5 nitrogen and oxygen atoms in total. The van der Waals surface area contributed by atoms with Crippen LogP contribution in [0, 0.1) is 0 Å². The molecule has 2 N–H and O–H groups in total. The largest absolute Gasteiger partial charge is 0.491 e. The Kier molecular flexibility index (Phi) is 3.76. The molecular weight excluding hydrogens is 266 g/mol. The number of ether oxygens (including phenoxy) is 2. The Balaban J connectivity index is 2.09. The Morgan fingerprint density at radius 1 is 1.48 bits per heavy atom. The van der Waals surface area contributed by atoms with E-state index >= 15 is 0 Å². The quantitative estimate of drug-likeness (QED) is 0.940. The van der Waals surface area contributed by atoms with Crippen LogP contribution < -0.4 is 10.5 Å². The van der Waals surface area contributed by atoms with Crippen LogP contribution in [0.3, 0.4) is 0 Å². The Bertz CT molecular complexity index is 630. The van der Waals surface area contributed by atoms with Gasteiger partial charge in [0.15, 0.2) is 0 Å². The summed E-state index contributed by atoms with van der Waals surface area (Å²) >= 11 is 0. The van der Waals surface area contributed by atoms with E-state index in [0.29, 0.717) is 19.2 Å². The summed E-state index contributed by atoms with van der Waals surface area (Å²) in [7, 11) is 0. The molecule has 1 aromatic heterocycles. The predicted octanol–water partition coefficient (Wildman–Crippen LogP) is 2.93. The van der Waals surface area contributed by atoms with Crippen molar-refractivity contribution in [1.82, 2.24) is 9.55 Å². The zero-order valence-corrected chi connectivity index (χ0v) is 12.8. The fraction of sp³-hybridized carbons (Fsp3) is 0.562. The van der Waals surface area contributed by atoms with Crippen molar-refractivity contribution in [3.05, 3.63) is 18.2 Å². The number of rotatable bonds is 4. The van der Waals surface area contributed by atoms with Crippen LogP contribution in [0.25, 0.3) is 11.0 Å². The Hall–Kier alpha value is -1.75. The monoisotopic (exact) mass is 289 g/mol. The molecule has 21 heavy (non-hydrogen) atoms. The number of anilines is 1. The molecule has 0 amide bonds. The van der Waals surface area contributed by atoms with Crippen molar-refractivity contribution < 1.29 is 9.47 Å². The maximum atomic E-state index is 6.21. The van der Waals surface area contributed by atoms with Gasteiger partial charge in [0.2, 0.25) is 5.95 Å². The number of para-hydroxylation sites is 1. The van der Waals surface area contributed by atoms with E-state index in [0.717, 1.165) is 42.7 Å². The number of aromatic nitrogens is 2. The first-order chi connectivity index (χ1) is 10.2. The standard InChI is InChI=1S/C16H23N3O2/c1-3-9-21-13-7-4-6-12-14(13)18-15(17)19(12)16(2)8-5-10-20-11-16/h4,6-7H,3,5,8-11H2,1-2H3,(H2,17,18). The highest BCUT2D eigenvalue weighted by molar-refractivity contribution is 5.84. The second kappa shape index (κ2) is 5.56. The number of nitrogens with zero attached hydrogens (tertiary/aromatic N) is 2. The highest BCUT2D eigenvalue weighted by Crippen LogP contribution is 2.36. The molecule has 0 saturated carbocycles. The minimum absolute atomic E-state index is 0.138. The van der Waals surface area contributed by atoms with Gasteiger partial charge in [-0.2, -0.15) is 0 Å². The molecular formula is C16H23N3O2. The molecule has 1 fully saturated rings. The maximum absolute atomic E-state index is 6.21. The van der Waals surface area contributed by atoms with Crippen LogP contribution in [0.1, 0.15) is 33.1 Å². The molecule has 3 rings (SSSR count). The number of fused-ring (bicyclic) bond motifs is 1. The third-order valence-corrected chi connectivity index (χ3v) is 4.09. The van der Waals surface area contributed by atoms with E-state index in [2.05, 4.69) is 29.5 Å². The molecule has 0 bridgehead atoms. The topological polar surface area (TPSA) is 62.3 Å². The number of nitrogens with two attached hydrogens (primary N) is 1. The average Bonchev–Trinajstić information content (AvgIpc) is 2.83. The smallest absolute Gasteiger partial charge is 0.201 e. The Labute approximate surface area is 125 Å². The van der Waals surface area contributed by atoms with Crippen LogP contribution in [0.4, 0.5) is 5.95 Å². The lowest BCUT2D eigenvalue weighted by Gasteiger charge is -2.35. The number of nitrogen functional groups attached to an aromatic ring is 1. The van der Waals surface area contributed by atoms with Crippen molar-refractivity contribution in [2.24, 2.45) is 0 Å². The van der Waals surface area contributed by atoms with Gasteiger partial charge in [-0.3, -0.25) is 0 Å². The molecule has 0 radical (unpaired) electrons. The van der Waals surface area contributed by atoms with Gasteiger partial charge in [-0.15, -0.1) is 0 Å². The van der Waals surface area contributed by atoms with Crippen molar-refractivity contribution in [3.63, 3.8) is 0 Å². The van der Waals surface area contributed by atoms with Crippen molar-refractivity contribution in [1.29, 1.82) is 0 Å². The van der Waals surface area contributed by atoms with Crippen molar-refractivity contribution in [3.8, 4) is 5.75 Å². The number of hydrogen-bond donors (Lipinski definition) is 1. The molecule has 1 saturated heterocycles. The fourth-order valence-electron chi connectivity index (χ4n) is 3.08. The summed E-state index contributed by atoms with van der Waals surface area (Å²) in [6.45, 7) is 6.46. The molecule has 0 spiro atoms. The first-order valence-electron chi connectivity index (χ1n) is 7.64. The lowest BCUT2D eigenvalue weighted by atomic mass is 9.94. The number of hydrogen-bond acceptors (Lipinski definition) is 4. The van der Waals surface area contributed by atoms with E-state index in [9.17, 15) is 0 Å². The van der Waals surface area contributed by atoms with E-state index in [1.165, 1.54) is 0 Å². The minimum Gasteiger partial charge on any atom is -0.491 e. The second-order valence-corrected chi connectivity index (χ2v) is 5.93. The average molecular weight is 289 g/mol. The van der Waals surface area contributed by atoms with Crippen LogP contribution in [0.15, 0.2) is 18.2 Å². The van der Waals surface area contributed by atoms with Crippen LogP contribution >= 0.6 is 0 Å². The minimum atomic E-state index is -0.138. The van der Waals surface area contributed by atoms with Gasteiger partial charge in [0, 0.05) is 6.61 Å². The summed E-state index contributed by atoms with van der Waals surface area (Å²) in [5, 5.41) is 0. The summed E-state index contributed by atoms with van der Waals surface area (Å²) in [4.78, 5) is 4.55. The first-order valence-corrected chi connectivity index (χ1v) is 7.64. The van der Waals surface area contributed by atoms with Gasteiger partial charge in [0.25, 0.3) is 0 Å². The van der Waals surface area contributed by atoms with Crippen molar-refractivity contribution in [2.75, 3.05) is 25.6 Å². The highest BCUT2D eigenvalue weighted by atomic mass is 16.5. The van der Waals surface area contributed by atoms with E-state index in [1.807, 2.05) is 12.1 Å². The zero-order chi connectivity index (χ0) is 14.9. The van der Waals surface area contributed by atoms with Gasteiger partial charge in [0.05, 0.1) is 24.3 Å². The summed E-state index contributed by atoms with van der Waals surface area (Å²) < 4.78 is 13.6. The van der Waals surface area contributed by atoms with Gasteiger partial charge >= 0.3 is 0 Å². The lowest BCUT2D eigenvalue weighted by molar-refractivity contribution is 0.0124. The normalized spacial score (nSPS) is 22.6. The third kappa shape index (κ3) is 2.46. The third-order valence-electron chi connectivity index (χ3n) is 4.09. The molecule has 1 aromatic carbocycles.